The normalized spacial score (nSPS) is 15.3. The van der Waals surface area contributed by atoms with E-state index in [2.05, 4.69) is 44.6 Å². The van der Waals surface area contributed by atoms with Gasteiger partial charge in [-0.2, -0.15) is 10.2 Å². The number of anilines is 2. The maximum absolute atomic E-state index is 13.2. The Morgan fingerprint density at radius 3 is 2.62 bits per heavy atom. The summed E-state index contributed by atoms with van der Waals surface area (Å²) in [5, 5.41) is 14.3. The molecule has 1 saturated heterocycles. The standard InChI is InChI=1S/C25H30N8O4S2.2H2/c1-16-20(7-18(9-26-16)29-22(34)13-31-14-25(2,3)15-31)30-23(35)19-10-28-33-12-21(38-24(19)33)17-8-27-32(11-17)5-6-39(4,36)37;;/h7-12H,5-6,13-15H2,1-4H3,(H,29,34)(H,30,35);2*1H. The summed E-state index contributed by atoms with van der Waals surface area (Å²) in [4.78, 5) is 33.6. The van der Waals surface area contributed by atoms with E-state index in [4.69, 9.17) is 0 Å². The van der Waals surface area contributed by atoms with Gasteiger partial charge in [-0.3, -0.25) is 24.2 Å². The molecular formula is C25H34N8O4S2. The summed E-state index contributed by atoms with van der Waals surface area (Å²) in [6.45, 7) is 8.45. The number of carbonyl (C=O) groups excluding carboxylic acids is 2. The Balaban J connectivity index is 0.00000231. The fourth-order valence-corrected chi connectivity index (χ4v) is 6.10. The van der Waals surface area contributed by atoms with Crippen molar-refractivity contribution in [2.75, 3.05) is 42.3 Å². The van der Waals surface area contributed by atoms with Gasteiger partial charge in [0.15, 0.2) is 0 Å². The number of carbonyl (C=O) groups is 2. The topological polar surface area (TPSA) is 144 Å². The van der Waals surface area contributed by atoms with E-state index in [1.807, 2.05) is 0 Å². The first-order chi connectivity index (χ1) is 18.3. The number of pyridine rings is 1. The van der Waals surface area contributed by atoms with E-state index in [1.54, 1.807) is 47.0 Å². The molecule has 0 atom stereocenters. The summed E-state index contributed by atoms with van der Waals surface area (Å²) in [6.07, 6.45) is 9.50. The first-order valence-electron chi connectivity index (χ1n) is 12.3. The molecule has 5 rings (SSSR count). The predicted octanol–water partition coefficient (Wildman–Crippen LogP) is 3.03. The molecule has 210 valence electrons. The summed E-state index contributed by atoms with van der Waals surface area (Å²) < 4.78 is 26.1. The van der Waals surface area contributed by atoms with Gasteiger partial charge in [-0.25, -0.2) is 12.9 Å². The summed E-state index contributed by atoms with van der Waals surface area (Å²) in [7, 11) is -3.09. The molecule has 0 bridgehead atoms. The quantitative estimate of drug-likeness (QED) is 0.311. The minimum Gasteiger partial charge on any atom is -0.324 e. The SMILES string of the molecule is Cc1ncc(NC(=O)CN2CC(C)(C)C2)cc1NC(=O)c1cnn2cc(-c3cnn(CCS(C)(=O)=O)c3)sc12.[HH].[HH]. The molecule has 4 aromatic heterocycles. The third kappa shape index (κ3) is 6.34. The van der Waals surface area contributed by atoms with Crippen LogP contribution in [0.2, 0.25) is 0 Å². The fraction of sp³-hybridized carbons (Fsp3) is 0.400. The molecule has 1 fully saturated rings. The highest BCUT2D eigenvalue weighted by atomic mass is 32.2. The summed E-state index contributed by atoms with van der Waals surface area (Å²) in [5.41, 5.74) is 3.05. The van der Waals surface area contributed by atoms with Crippen LogP contribution in [0.3, 0.4) is 0 Å². The molecule has 2 amide bonds. The molecule has 0 saturated carbocycles. The highest BCUT2D eigenvalue weighted by molar-refractivity contribution is 7.90. The van der Waals surface area contributed by atoms with Crippen LogP contribution in [0.1, 0.15) is 32.8 Å². The van der Waals surface area contributed by atoms with Gasteiger partial charge in [-0.1, -0.05) is 13.8 Å². The summed E-state index contributed by atoms with van der Waals surface area (Å²) >= 11 is 1.38. The molecule has 1 aliphatic rings. The maximum Gasteiger partial charge on any atom is 0.260 e. The van der Waals surface area contributed by atoms with E-state index < -0.39 is 9.84 Å². The van der Waals surface area contributed by atoms with Crippen LogP contribution in [0.5, 0.6) is 0 Å². The molecule has 5 heterocycles. The van der Waals surface area contributed by atoms with Crippen LogP contribution in [-0.2, 0) is 21.2 Å². The second-order valence-electron chi connectivity index (χ2n) is 10.7. The number of aromatic nitrogens is 5. The monoisotopic (exact) mass is 574 g/mol. The number of amides is 2. The van der Waals surface area contributed by atoms with Gasteiger partial charge in [0.2, 0.25) is 5.91 Å². The molecule has 1 aliphatic heterocycles. The van der Waals surface area contributed by atoms with Crippen LogP contribution < -0.4 is 10.6 Å². The molecule has 12 nitrogen and oxygen atoms in total. The van der Waals surface area contributed by atoms with Crippen LogP contribution in [0.4, 0.5) is 11.4 Å². The lowest BCUT2D eigenvalue weighted by molar-refractivity contribution is -0.120. The Hall–Kier alpha value is -3.62. The molecule has 0 spiro atoms. The number of nitrogens with one attached hydrogen (secondary N) is 2. The van der Waals surface area contributed by atoms with Crippen molar-refractivity contribution in [3.8, 4) is 10.4 Å². The largest absolute Gasteiger partial charge is 0.324 e. The highest BCUT2D eigenvalue weighted by Crippen LogP contribution is 2.31. The number of rotatable bonds is 9. The minimum absolute atomic E-state index is 0. The lowest BCUT2D eigenvalue weighted by Gasteiger charge is -2.45. The van der Waals surface area contributed by atoms with Crippen LogP contribution in [0.15, 0.2) is 37.1 Å². The van der Waals surface area contributed by atoms with Crippen molar-refractivity contribution in [2.24, 2.45) is 5.41 Å². The molecule has 39 heavy (non-hydrogen) atoms. The van der Waals surface area contributed by atoms with Crippen LogP contribution in [-0.4, -0.2) is 81.2 Å². The van der Waals surface area contributed by atoms with E-state index in [1.165, 1.54) is 23.8 Å². The van der Waals surface area contributed by atoms with Crippen LogP contribution in [0.25, 0.3) is 15.3 Å². The van der Waals surface area contributed by atoms with E-state index in [0.29, 0.717) is 34.0 Å². The smallest absolute Gasteiger partial charge is 0.260 e. The Morgan fingerprint density at radius 2 is 1.90 bits per heavy atom. The van der Waals surface area contributed by atoms with Crippen molar-refractivity contribution < 1.29 is 20.9 Å². The third-order valence-electron chi connectivity index (χ3n) is 6.34. The van der Waals surface area contributed by atoms with Crippen LogP contribution >= 0.6 is 11.3 Å². The Labute approximate surface area is 232 Å². The van der Waals surface area contributed by atoms with Gasteiger partial charge >= 0.3 is 0 Å². The molecule has 4 aromatic rings. The maximum atomic E-state index is 13.2. The van der Waals surface area contributed by atoms with Gasteiger partial charge in [-0.05, 0) is 18.4 Å². The van der Waals surface area contributed by atoms with Crippen LogP contribution in [0, 0.1) is 12.3 Å². The van der Waals surface area contributed by atoms with Crippen molar-refractivity contribution >= 4 is 49.2 Å². The Morgan fingerprint density at radius 1 is 1.13 bits per heavy atom. The van der Waals surface area contributed by atoms with E-state index in [9.17, 15) is 18.0 Å². The average Bonchev–Trinajstić information content (AvgIpc) is 3.53. The van der Waals surface area contributed by atoms with E-state index in [0.717, 1.165) is 23.5 Å². The number of sulfone groups is 1. The predicted molar refractivity (Wildman–Crippen MR) is 154 cm³/mol. The van der Waals surface area contributed by atoms with Crippen molar-refractivity contribution in [2.45, 2.75) is 27.3 Å². The molecule has 0 unspecified atom stereocenters. The van der Waals surface area contributed by atoms with Gasteiger partial charge in [0.05, 0.1) is 64.9 Å². The van der Waals surface area contributed by atoms with Gasteiger partial charge < -0.3 is 10.6 Å². The number of thiazole rings is 1. The van der Waals surface area contributed by atoms with Crippen molar-refractivity contribution in [1.82, 2.24) is 29.3 Å². The number of fused-ring (bicyclic) bond motifs is 1. The van der Waals surface area contributed by atoms with Crippen molar-refractivity contribution in [3.63, 3.8) is 0 Å². The zero-order valence-electron chi connectivity index (χ0n) is 22.1. The number of hydrogen-bond acceptors (Lipinski definition) is 9. The minimum atomic E-state index is -3.09. The van der Waals surface area contributed by atoms with Gasteiger partial charge in [0, 0.05) is 40.2 Å². The first kappa shape index (κ1) is 27.0. The number of aryl methyl sites for hydroxylation is 2. The Bertz CT molecular complexity index is 1670. The zero-order valence-corrected chi connectivity index (χ0v) is 23.8. The van der Waals surface area contributed by atoms with Crippen molar-refractivity contribution in [1.29, 1.82) is 0 Å². The summed E-state index contributed by atoms with van der Waals surface area (Å²) in [6, 6.07) is 1.70. The van der Waals surface area contributed by atoms with E-state index in [-0.39, 0.29) is 32.4 Å². The highest BCUT2D eigenvalue weighted by Gasteiger charge is 2.34. The number of likely N-dealkylation sites (tertiary alicyclic amines) is 1. The second-order valence-corrected chi connectivity index (χ2v) is 14.0. The molecular weight excluding hydrogens is 540 g/mol. The van der Waals surface area contributed by atoms with Gasteiger partial charge in [-0.15, -0.1) is 11.3 Å². The first-order valence-corrected chi connectivity index (χ1v) is 15.2. The fourth-order valence-electron chi connectivity index (χ4n) is 4.55. The molecule has 14 heteroatoms. The zero-order chi connectivity index (χ0) is 27.9. The molecule has 2 N–H and O–H groups in total. The lowest BCUT2D eigenvalue weighted by atomic mass is 9.84. The molecule has 0 aromatic carbocycles. The Kier molecular flexibility index (Phi) is 7.03. The van der Waals surface area contributed by atoms with Gasteiger partial charge in [0.25, 0.3) is 5.91 Å². The van der Waals surface area contributed by atoms with E-state index >= 15 is 0 Å². The number of hydrogen-bond donors (Lipinski definition) is 2. The third-order valence-corrected chi connectivity index (χ3v) is 8.42. The molecule has 0 radical (unpaired) electrons. The van der Waals surface area contributed by atoms with Crippen molar-refractivity contribution in [3.05, 3.63) is 48.3 Å². The second kappa shape index (κ2) is 10.2. The molecule has 0 aliphatic carbocycles. The summed E-state index contributed by atoms with van der Waals surface area (Å²) in [5.74, 6) is -0.474. The average molecular weight is 575 g/mol. The van der Waals surface area contributed by atoms with Gasteiger partial charge in [0.1, 0.15) is 14.7 Å². The number of nitrogens with zero attached hydrogens (tertiary/aromatic N) is 6. The lowest BCUT2D eigenvalue weighted by Crippen LogP contribution is -2.54.